The van der Waals surface area contributed by atoms with Crippen LogP contribution in [0.2, 0.25) is 5.02 Å². The highest BCUT2D eigenvalue weighted by atomic mass is 35.5. The van der Waals surface area contributed by atoms with Crippen molar-refractivity contribution >= 4 is 39.9 Å². The Morgan fingerprint density at radius 2 is 1.50 bits per heavy atom. The van der Waals surface area contributed by atoms with Crippen molar-refractivity contribution in [1.82, 2.24) is 10.3 Å². The summed E-state index contributed by atoms with van der Waals surface area (Å²) in [7, 11) is 0. The zero-order valence-corrected chi connectivity index (χ0v) is 24.5. The molecule has 7 heteroatoms. The molecule has 3 aliphatic rings. The molecule has 0 saturated carbocycles. The summed E-state index contributed by atoms with van der Waals surface area (Å²) in [4.78, 5) is 31.3. The molecule has 1 atom stereocenters. The lowest BCUT2D eigenvalue weighted by Gasteiger charge is -2.50. The van der Waals surface area contributed by atoms with Crippen LogP contribution in [0.1, 0.15) is 63.4 Å². The summed E-state index contributed by atoms with van der Waals surface area (Å²) in [6, 6.07) is 31.8. The Kier molecular flexibility index (Phi) is 6.68. The number of hydrogen-bond acceptors (Lipinski definition) is 4. The summed E-state index contributed by atoms with van der Waals surface area (Å²) < 4.78 is 0. The molecule has 0 aliphatic heterocycles. The van der Waals surface area contributed by atoms with Crippen LogP contribution in [0.5, 0.6) is 0 Å². The highest BCUT2D eigenvalue weighted by Crippen LogP contribution is 2.61. The van der Waals surface area contributed by atoms with E-state index in [0.29, 0.717) is 22.3 Å². The van der Waals surface area contributed by atoms with E-state index in [2.05, 4.69) is 66.1 Å². The number of hydrogen-bond donors (Lipinski definition) is 2. The number of fused-ring (bicyclic) bond motifs is 1. The molecule has 0 fully saturated rings. The van der Waals surface area contributed by atoms with Crippen molar-refractivity contribution in [2.24, 2.45) is 5.41 Å². The van der Waals surface area contributed by atoms with Crippen molar-refractivity contribution in [2.75, 3.05) is 5.32 Å². The fourth-order valence-corrected chi connectivity index (χ4v) is 7.41. The van der Waals surface area contributed by atoms with Crippen molar-refractivity contribution in [3.63, 3.8) is 0 Å². The van der Waals surface area contributed by atoms with E-state index < -0.39 is 5.41 Å². The lowest BCUT2D eigenvalue weighted by molar-refractivity contribution is -0.126. The SMILES string of the molecule is CC1(C(=O)Nc2nc(-c3ccc(C(=O)NCc4ccc(Cl)cc4)cc3)cs2)CC2c3ccccc3C1c1ccccc12. The van der Waals surface area contributed by atoms with E-state index >= 15 is 0 Å². The van der Waals surface area contributed by atoms with E-state index in [4.69, 9.17) is 16.6 Å². The quantitative estimate of drug-likeness (QED) is 0.211. The molecule has 208 valence electrons. The van der Waals surface area contributed by atoms with Gasteiger partial charge in [0.05, 0.1) is 11.1 Å². The number of nitrogens with zero attached hydrogens (tertiary/aromatic N) is 1. The number of anilines is 1. The number of rotatable bonds is 6. The van der Waals surface area contributed by atoms with Crippen molar-refractivity contribution in [1.29, 1.82) is 0 Å². The number of amides is 2. The van der Waals surface area contributed by atoms with Crippen LogP contribution < -0.4 is 10.6 Å². The number of carbonyl (C=O) groups is 2. The van der Waals surface area contributed by atoms with Crippen LogP contribution in [0.15, 0.2) is 102 Å². The first-order valence-corrected chi connectivity index (χ1v) is 15.2. The Morgan fingerprint density at radius 3 is 2.14 bits per heavy atom. The molecular weight excluding hydrogens is 562 g/mol. The number of benzene rings is 4. The second-order valence-electron chi connectivity index (χ2n) is 11.2. The fourth-order valence-electron chi connectivity index (χ4n) is 6.57. The molecule has 3 aliphatic carbocycles. The zero-order valence-electron chi connectivity index (χ0n) is 22.9. The molecule has 8 rings (SSSR count). The largest absolute Gasteiger partial charge is 0.348 e. The van der Waals surface area contributed by atoms with Crippen LogP contribution in [-0.2, 0) is 11.3 Å². The van der Waals surface area contributed by atoms with Gasteiger partial charge in [0, 0.05) is 39.9 Å². The van der Waals surface area contributed by atoms with Crippen molar-refractivity contribution < 1.29 is 9.59 Å². The van der Waals surface area contributed by atoms with E-state index in [1.54, 1.807) is 24.3 Å². The standard InChI is InChI=1S/C35H28ClN3O2S/c1-35(18-29-25-6-2-4-8-27(25)31(35)28-9-5-3-7-26(28)29)33(41)39-34-38-30(20-42-34)22-12-14-23(15-13-22)32(40)37-19-21-10-16-24(36)17-11-21/h2-17,20,29,31H,18-19H2,1H3,(H,37,40)(H,38,39,41). The number of aromatic nitrogens is 1. The lowest BCUT2D eigenvalue weighted by atomic mass is 9.52. The topological polar surface area (TPSA) is 71.1 Å². The van der Waals surface area contributed by atoms with Crippen LogP contribution in [-0.4, -0.2) is 16.8 Å². The summed E-state index contributed by atoms with van der Waals surface area (Å²) in [5.74, 6) is 0.0376. The van der Waals surface area contributed by atoms with Gasteiger partial charge in [0.25, 0.3) is 5.91 Å². The second-order valence-corrected chi connectivity index (χ2v) is 12.5. The normalized spacial score (nSPS) is 20.0. The Hall–Kier alpha value is -4.26. The van der Waals surface area contributed by atoms with E-state index in [0.717, 1.165) is 23.2 Å². The maximum atomic E-state index is 13.9. The van der Waals surface area contributed by atoms with E-state index in [1.807, 2.05) is 29.6 Å². The molecule has 4 aromatic carbocycles. The first-order chi connectivity index (χ1) is 20.4. The van der Waals surface area contributed by atoms with Crippen LogP contribution >= 0.6 is 22.9 Å². The third-order valence-corrected chi connectivity index (χ3v) is 9.69. The summed E-state index contributed by atoms with van der Waals surface area (Å²) in [6.45, 7) is 2.52. The van der Waals surface area contributed by atoms with Crippen molar-refractivity contribution in [3.05, 3.63) is 141 Å². The minimum atomic E-state index is -0.597. The van der Waals surface area contributed by atoms with Crippen LogP contribution in [0.25, 0.3) is 11.3 Å². The number of nitrogens with one attached hydrogen (secondary N) is 2. The van der Waals surface area contributed by atoms with Gasteiger partial charge in [-0.2, -0.15) is 0 Å². The second kappa shape index (κ2) is 10.5. The van der Waals surface area contributed by atoms with Gasteiger partial charge in [-0.25, -0.2) is 4.98 Å². The Labute approximate surface area is 253 Å². The third-order valence-electron chi connectivity index (χ3n) is 8.68. The Balaban J connectivity index is 1.06. The van der Waals surface area contributed by atoms with Crippen LogP contribution in [0.3, 0.4) is 0 Å². The molecular formula is C35H28ClN3O2S. The third kappa shape index (κ3) is 4.61. The zero-order chi connectivity index (χ0) is 28.8. The lowest BCUT2D eigenvalue weighted by Crippen LogP contribution is -2.47. The van der Waals surface area contributed by atoms with E-state index in [-0.39, 0.29) is 23.7 Å². The molecule has 1 aromatic heterocycles. The van der Waals surface area contributed by atoms with E-state index in [1.165, 1.54) is 33.6 Å². The smallest absolute Gasteiger partial charge is 0.251 e. The number of carbonyl (C=O) groups excluding carboxylic acids is 2. The van der Waals surface area contributed by atoms with Gasteiger partial charge in [-0.05, 0) is 65.4 Å². The molecule has 2 amide bonds. The van der Waals surface area contributed by atoms with Crippen molar-refractivity contribution in [2.45, 2.75) is 31.7 Å². The van der Waals surface area contributed by atoms with Gasteiger partial charge in [-0.15, -0.1) is 11.3 Å². The van der Waals surface area contributed by atoms with E-state index in [9.17, 15) is 9.59 Å². The Bertz CT molecular complexity index is 1770. The average Bonchev–Trinajstić information content (AvgIpc) is 3.49. The fraction of sp³-hybridized carbons (Fsp3) is 0.171. The molecule has 0 radical (unpaired) electrons. The van der Waals surface area contributed by atoms with Gasteiger partial charge in [0.15, 0.2) is 5.13 Å². The summed E-state index contributed by atoms with van der Waals surface area (Å²) >= 11 is 7.35. The van der Waals surface area contributed by atoms with Gasteiger partial charge in [0.2, 0.25) is 5.91 Å². The van der Waals surface area contributed by atoms with Crippen LogP contribution in [0, 0.1) is 5.41 Å². The average molecular weight is 590 g/mol. The van der Waals surface area contributed by atoms with Gasteiger partial charge >= 0.3 is 0 Å². The van der Waals surface area contributed by atoms with Gasteiger partial charge in [-0.3, -0.25) is 9.59 Å². The summed E-state index contributed by atoms with van der Waals surface area (Å²) in [5.41, 5.74) is 7.77. The van der Waals surface area contributed by atoms with Gasteiger partial charge in [-0.1, -0.05) is 84.4 Å². The summed E-state index contributed by atoms with van der Waals surface area (Å²) in [6.07, 6.45) is 0.761. The van der Waals surface area contributed by atoms with Crippen molar-refractivity contribution in [3.8, 4) is 11.3 Å². The maximum absolute atomic E-state index is 13.9. The Morgan fingerprint density at radius 1 is 0.881 bits per heavy atom. The maximum Gasteiger partial charge on any atom is 0.251 e. The molecule has 1 unspecified atom stereocenters. The van der Waals surface area contributed by atoms with Gasteiger partial charge < -0.3 is 10.6 Å². The first-order valence-electron chi connectivity index (χ1n) is 14.0. The molecule has 5 nitrogen and oxygen atoms in total. The minimum Gasteiger partial charge on any atom is -0.348 e. The predicted molar refractivity (Wildman–Crippen MR) is 168 cm³/mol. The number of thiazole rings is 1. The molecule has 0 spiro atoms. The molecule has 42 heavy (non-hydrogen) atoms. The van der Waals surface area contributed by atoms with Crippen LogP contribution in [0.4, 0.5) is 5.13 Å². The monoisotopic (exact) mass is 589 g/mol. The first kappa shape index (κ1) is 26.6. The molecule has 1 heterocycles. The molecule has 0 saturated heterocycles. The highest BCUT2D eigenvalue weighted by molar-refractivity contribution is 7.14. The molecule has 2 N–H and O–H groups in total. The molecule has 2 bridgehead atoms. The highest BCUT2D eigenvalue weighted by Gasteiger charge is 2.54. The minimum absolute atomic E-state index is 0.00453. The molecule has 5 aromatic rings. The predicted octanol–water partition coefficient (Wildman–Crippen LogP) is 8.02. The summed E-state index contributed by atoms with van der Waals surface area (Å²) in [5, 5.41) is 9.26. The number of halogens is 1. The van der Waals surface area contributed by atoms with Gasteiger partial charge in [0.1, 0.15) is 0 Å².